The lowest BCUT2D eigenvalue weighted by Crippen LogP contribution is -2.35. The minimum absolute atomic E-state index is 0.176. The number of aromatic nitrogens is 4. The van der Waals surface area contributed by atoms with Gasteiger partial charge < -0.3 is 14.2 Å². The van der Waals surface area contributed by atoms with E-state index < -0.39 is 17.1 Å². The lowest BCUT2D eigenvalue weighted by Gasteiger charge is -2.08. The van der Waals surface area contributed by atoms with Crippen molar-refractivity contribution in [2.24, 2.45) is 0 Å². The van der Waals surface area contributed by atoms with Crippen molar-refractivity contribution in [3.8, 4) is 28.6 Å². The summed E-state index contributed by atoms with van der Waals surface area (Å²) in [4.78, 5) is 32.7. The smallest absolute Gasteiger partial charge is 0.329 e. The van der Waals surface area contributed by atoms with Crippen LogP contribution in [0.3, 0.4) is 0 Å². The maximum atomic E-state index is 14.0. The third-order valence-electron chi connectivity index (χ3n) is 5.37. The Labute approximate surface area is 192 Å². The van der Waals surface area contributed by atoms with Gasteiger partial charge in [-0.05, 0) is 43.3 Å². The molecule has 8 nitrogen and oxygen atoms in total. The Balaban J connectivity index is 1.52. The third kappa shape index (κ3) is 3.88. The lowest BCUT2D eigenvalue weighted by molar-refractivity contribution is 0.341. The highest BCUT2D eigenvalue weighted by atomic mass is 19.1. The van der Waals surface area contributed by atoms with Crippen LogP contribution in [0.2, 0.25) is 0 Å². The number of hydrogen-bond donors (Lipinski definition) is 1. The van der Waals surface area contributed by atoms with Gasteiger partial charge in [-0.3, -0.25) is 9.36 Å². The van der Waals surface area contributed by atoms with E-state index in [0.717, 1.165) is 4.57 Å². The molecule has 1 N–H and O–H groups in total. The van der Waals surface area contributed by atoms with Crippen LogP contribution in [0, 0.1) is 5.82 Å². The second-order valence-corrected chi connectivity index (χ2v) is 7.53. The Morgan fingerprint density at radius 2 is 1.85 bits per heavy atom. The Bertz CT molecular complexity index is 1620. The maximum absolute atomic E-state index is 14.0. The van der Waals surface area contributed by atoms with Gasteiger partial charge in [-0.25, -0.2) is 9.18 Å². The Kier molecular flexibility index (Phi) is 5.51. The van der Waals surface area contributed by atoms with Crippen LogP contribution in [0.4, 0.5) is 4.39 Å². The number of rotatable bonds is 6. The standard InChI is InChI=1S/C25H19FN4O4/c1-2-33-21-10-6-4-8-18(21)22-28-23(34-29-22)15-11-12-17-20(13-15)27-25(32)30(24(17)31)14-16-7-3-5-9-19(16)26/h3-13H,2,14H2,1H3,(H,27,32). The third-order valence-corrected chi connectivity index (χ3v) is 5.37. The largest absolute Gasteiger partial charge is 0.493 e. The van der Waals surface area contributed by atoms with E-state index in [1.807, 2.05) is 31.2 Å². The van der Waals surface area contributed by atoms with Gasteiger partial charge in [0, 0.05) is 11.1 Å². The molecule has 2 aromatic heterocycles. The SMILES string of the molecule is CCOc1ccccc1-c1noc(-c2ccc3c(=O)n(Cc4ccccc4F)c(=O)[nH]c3c2)n1. The molecule has 0 fully saturated rings. The molecule has 0 aliphatic carbocycles. The van der Waals surface area contributed by atoms with Crippen molar-refractivity contribution >= 4 is 10.9 Å². The number of para-hydroxylation sites is 1. The molecule has 0 atom stereocenters. The number of halogens is 1. The predicted octanol–water partition coefficient (Wildman–Crippen LogP) is 3.99. The minimum atomic E-state index is -0.644. The van der Waals surface area contributed by atoms with Crippen LogP contribution in [0.5, 0.6) is 5.75 Å². The number of nitrogens with one attached hydrogen (secondary N) is 1. The van der Waals surface area contributed by atoms with Crippen molar-refractivity contribution in [2.45, 2.75) is 13.5 Å². The normalized spacial score (nSPS) is 11.1. The molecule has 0 spiro atoms. The fraction of sp³-hybridized carbons (Fsp3) is 0.120. The molecule has 0 aliphatic heterocycles. The van der Waals surface area contributed by atoms with Crippen molar-refractivity contribution in [3.05, 3.63) is 98.9 Å². The molecule has 0 saturated heterocycles. The Hall–Kier alpha value is -4.53. The number of nitrogens with zero attached hydrogens (tertiary/aromatic N) is 3. The van der Waals surface area contributed by atoms with Crippen molar-refractivity contribution in [2.75, 3.05) is 6.61 Å². The van der Waals surface area contributed by atoms with E-state index in [9.17, 15) is 14.0 Å². The summed E-state index contributed by atoms with van der Waals surface area (Å²) in [6.45, 7) is 2.21. The molecule has 34 heavy (non-hydrogen) atoms. The van der Waals surface area contributed by atoms with Crippen LogP contribution in [0.25, 0.3) is 33.7 Å². The molecule has 9 heteroatoms. The molecule has 0 radical (unpaired) electrons. The van der Waals surface area contributed by atoms with Gasteiger partial charge in [-0.2, -0.15) is 4.98 Å². The molecular weight excluding hydrogens is 439 g/mol. The van der Waals surface area contributed by atoms with Crippen LogP contribution in [0.1, 0.15) is 12.5 Å². The van der Waals surface area contributed by atoms with Gasteiger partial charge in [0.15, 0.2) is 0 Å². The Morgan fingerprint density at radius 1 is 1.06 bits per heavy atom. The summed E-state index contributed by atoms with van der Waals surface area (Å²) in [5.74, 6) is 0.727. The summed E-state index contributed by atoms with van der Waals surface area (Å²) in [6, 6.07) is 18.2. The second-order valence-electron chi connectivity index (χ2n) is 7.53. The van der Waals surface area contributed by atoms with E-state index in [0.29, 0.717) is 34.8 Å². The zero-order chi connectivity index (χ0) is 23.7. The first-order chi connectivity index (χ1) is 16.5. The molecule has 0 amide bonds. The topological polar surface area (TPSA) is 103 Å². The molecule has 2 heterocycles. The molecular formula is C25H19FN4O4. The van der Waals surface area contributed by atoms with Gasteiger partial charge in [0.25, 0.3) is 11.4 Å². The number of ether oxygens (including phenoxy) is 1. The number of hydrogen-bond acceptors (Lipinski definition) is 6. The monoisotopic (exact) mass is 458 g/mol. The van der Waals surface area contributed by atoms with Gasteiger partial charge in [0.2, 0.25) is 5.82 Å². The molecule has 0 saturated carbocycles. The Morgan fingerprint density at radius 3 is 2.68 bits per heavy atom. The van der Waals surface area contributed by atoms with Gasteiger partial charge in [-0.15, -0.1) is 0 Å². The number of aromatic amines is 1. The summed E-state index contributed by atoms with van der Waals surface area (Å²) in [7, 11) is 0. The molecule has 0 bridgehead atoms. The molecule has 5 aromatic rings. The first-order valence-corrected chi connectivity index (χ1v) is 10.6. The van der Waals surface area contributed by atoms with E-state index >= 15 is 0 Å². The minimum Gasteiger partial charge on any atom is -0.493 e. The highest BCUT2D eigenvalue weighted by Gasteiger charge is 2.16. The molecule has 0 aliphatic rings. The first kappa shape index (κ1) is 21.3. The van der Waals surface area contributed by atoms with E-state index in [1.54, 1.807) is 30.3 Å². The van der Waals surface area contributed by atoms with Gasteiger partial charge in [0.1, 0.15) is 11.6 Å². The summed E-state index contributed by atoms with van der Waals surface area (Å²) in [6.07, 6.45) is 0. The van der Waals surface area contributed by atoms with Crippen LogP contribution in [-0.4, -0.2) is 26.3 Å². The highest BCUT2D eigenvalue weighted by molar-refractivity contribution is 5.82. The van der Waals surface area contributed by atoms with Gasteiger partial charge >= 0.3 is 5.69 Å². The van der Waals surface area contributed by atoms with Crippen LogP contribution in [-0.2, 0) is 6.54 Å². The van der Waals surface area contributed by atoms with E-state index in [-0.39, 0.29) is 23.4 Å². The highest BCUT2D eigenvalue weighted by Crippen LogP contribution is 2.30. The average molecular weight is 458 g/mol. The number of fused-ring (bicyclic) bond motifs is 1. The molecule has 0 unspecified atom stereocenters. The van der Waals surface area contributed by atoms with E-state index in [1.165, 1.54) is 12.1 Å². The fourth-order valence-corrected chi connectivity index (χ4v) is 3.71. The van der Waals surface area contributed by atoms with Crippen LogP contribution < -0.4 is 16.0 Å². The fourth-order valence-electron chi connectivity index (χ4n) is 3.71. The van der Waals surface area contributed by atoms with Crippen LogP contribution in [0.15, 0.2) is 80.8 Å². The van der Waals surface area contributed by atoms with Crippen molar-refractivity contribution in [3.63, 3.8) is 0 Å². The van der Waals surface area contributed by atoms with Gasteiger partial charge in [-0.1, -0.05) is 35.5 Å². The average Bonchev–Trinajstić information content (AvgIpc) is 3.33. The zero-order valence-electron chi connectivity index (χ0n) is 18.1. The summed E-state index contributed by atoms with van der Waals surface area (Å²) in [5, 5.41) is 4.33. The quantitative estimate of drug-likeness (QED) is 0.413. The zero-order valence-corrected chi connectivity index (χ0v) is 18.1. The maximum Gasteiger partial charge on any atom is 0.329 e. The predicted molar refractivity (Wildman–Crippen MR) is 124 cm³/mol. The van der Waals surface area contributed by atoms with Crippen LogP contribution >= 0.6 is 0 Å². The van der Waals surface area contributed by atoms with Crippen molar-refractivity contribution < 1.29 is 13.7 Å². The molecule has 5 rings (SSSR count). The van der Waals surface area contributed by atoms with Crippen molar-refractivity contribution in [1.29, 1.82) is 0 Å². The molecule has 3 aromatic carbocycles. The second kappa shape index (κ2) is 8.78. The molecule has 170 valence electrons. The van der Waals surface area contributed by atoms with Crippen molar-refractivity contribution in [1.82, 2.24) is 19.7 Å². The lowest BCUT2D eigenvalue weighted by atomic mass is 10.1. The number of H-pyrrole nitrogens is 1. The summed E-state index contributed by atoms with van der Waals surface area (Å²) >= 11 is 0. The number of benzene rings is 3. The first-order valence-electron chi connectivity index (χ1n) is 10.6. The summed E-state index contributed by atoms with van der Waals surface area (Å²) < 4.78 is 26.1. The van der Waals surface area contributed by atoms with E-state index in [2.05, 4.69) is 15.1 Å². The van der Waals surface area contributed by atoms with E-state index in [4.69, 9.17) is 9.26 Å². The van der Waals surface area contributed by atoms with Gasteiger partial charge in [0.05, 0.1) is 29.6 Å². The summed E-state index contributed by atoms with van der Waals surface area (Å²) in [5.41, 5.74) is 0.607.